The van der Waals surface area contributed by atoms with Crippen LogP contribution in [-0.4, -0.2) is 32.5 Å². The molecule has 0 unspecified atom stereocenters. The van der Waals surface area contributed by atoms with Gasteiger partial charge in [-0.25, -0.2) is 0 Å². The minimum atomic E-state index is 0.0289. The maximum atomic E-state index is 8.75. The molecule has 0 aliphatic rings. The van der Waals surface area contributed by atoms with Crippen molar-refractivity contribution in [1.82, 2.24) is 0 Å². The molecule has 0 spiro atoms. The van der Waals surface area contributed by atoms with Crippen molar-refractivity contribution in [2.75, 3.05) is 38.4 Å². The first-order valence-electron chi connectivity index (χ1n) is 4.59. The third kappa shape index (κ3) is 2.44. The zero-order valence-electron chi connectivity index (χ0n) is 8.91. The van der Waals surface area contributed by atoms with Crippen LogP contribution < -0.4 is 20.5 Å². The van der Waals surface area contributed by atoms with E-state index < -0.39 is 0 Å². The third-order valence-corrected chi connectivity index (χ3v) is 1.99. The van der Waals surface area contributed by atoms with Gasteiger partial charge in [-0.05, 0) is 12.1 Å². The van der Waals surface area contributed by atoms with Gasteiger partial charge in [-0.15, -0.1) is 0 Å². The summed E-state index contributed by atoms with van der Waals surface area (Å²) in [5.41, 5.74) is 6.93. The number of nitrogens with two attached hydrogens (primary N) is 1. The summed E-state index contributed by atoms with van der Waals surface area (Å²) in [6.45, 7) is 0.442. The van der Waals surface area contributed by atoms with E-state index in [1.54, 1.807) is 19.2 Å². The molecule has 1 aromatic rings. The van der Waals surface area contributed by atoms with Gasteiger partial charge in [-0.1, -0.05) is 0 Å². The zero-order chi connectivity index (χ0) is 11.3. The lowest BCUT2D eigenvalue weighted by atomic mass is 10.2. The number of benzene rings is 1. The van der Waals surface area contributed by atoms with E-state index in [1.807, 2.05) is 0 Å². The molecule has 0 heterocycles. The molecular weight excluding hydrogens is 196 g/mol. The fourth-order valence-corrected chi connectivity index (χ4v) is 1.32. The Balaban J connectivity index is 3.09. The van der Waals surface area contributed by atoms with Crippen molar-refractivity contribution in [3.05, 3.63) is 12.1 Å². The molecule has 0 atom stereocenters. The Morgan fingerprint density at radius 2 is 2.07 bits per heavy atom. The van der Waals surface area contributed by atoms with Crippen LogP contribution in [0.3, 0.4) is 0 Å². The first-order chi connectivity index (χ1) is 7.24. The molecule has 1 rings (SSSR count). The predicted octanol–water partition coefficient (Wildman–Crippen LogP) is 0.690. The molecular formula is C10H16N2O3. The van der Waals surface area contributed by atoms with Crippen LogP contribution in [-0.2, 0) is 0 Å². The predicted molar refractivity (Wildman–Crippen MR) is 59.5 cm³/mol. The molecule has 15 heavy (non-hydrogen) atoms. The zero-order valence-corrected chi connectivity index (χ0v) is 8.91. The summed E-state index contributed by atoms with van der Waals surface area (Å²) in [6.07, 6.45) is 0. The average molecular weight is 212 g/mol. The van der Waals surface area contributed by atoms with Crippen LogP contribution in [0, 0.1) is 0 Å². The highest BCUT2D eigenvalue weighted by Crippen LogP contribution is 2.38. The van der Waals surface area contributed by atoms with Crippen LogP contribution in [0.1, 0.15) is 0 Å². The lowest BCUT2D eigenvalue weighted by molar-refractivity contribution is 0.310. The molecule has 0 bridgehead atoms. The maximum Gasteiger partial charge on any atom is 0.168 e. The molecule has 1 aromatic carbocycles. The fraction of sp³-hybridized carbons (Fsp3) is 0.400. The summed E-state index contributed by atoms with van der Waals surface area (Å²) in [5.74, 6) is 1.16. The van der Waals surface area contributed by atoms with Gasteiger partial charge in [0.25, 0.3) is 0 Å². The number of aliphatic hydroxyl groups is 1. The molecule has 0 aromatic heterocycles. The highest BCUT2D eigenvalue weighted by molar-refractivity contribution is 5.75. The second kappa shape index (κ2) is 5.31. The van der Waals surface area contributed by atoms with E-state index in [-0.39, 0.29) is 6.61 Å². The molecule has 4 N–H and O–H groups in total. The van der Waals surface area contributed by atoms with E-state index in [0.29, 0.717) is 29.4 Å². The summed E-state index contributed by atoms with van der Waals surface area (Å²) in [4.78, 5) is 0. The normalized spacial score (nSPS) is 9.80. The Morgan fingerprint density at radius 1 is 1.33 bits per heavy atom. The number of ether oxygens (including phenoxy) is 2. The van der Waals surface area contributed by atoms with Gasteiger partial charge < -0.3 is 25.6 Å². The van der Waals surface area contributed by atoms with Gasteiger partial charge in [0.05, 0.1) is 26.5 Å². The molecule has 84 valence electrons. The van der Waals surface area contributed by atoms with E-state index in [9.17, 15) is 0 Å². The van der Waals surface area contributed by atoms with Crippen LogP contribution in [0.4, 0.5) is 11.4 Å². The summed E-state index contributed by atoms with van der Waals surface area (Å²) in [7, 11) is 3.10. The van der Waals surface area contributed by atoms with Crippen molar-refractivity contribution < 1.29 is 14.6 Å². The first kappa shape index (κ1) is 11.5. The molecule has 0 saturated carbocycles. The number of nitrogens with one attached hydrogen (secondary N) is 1. The van der Waals surface area contributed by atoms with Crippen LogP contribution >= 0.6 is 0 Å². The van der Waals surface area contributed by atoms with Gasteiger partial charge in [0.1, 0.15) is 11.4 Å². The lowest BCUT2D eigenvalue weighted by Gasteiger charge is -2.15. The molecule has 5 heteroatoms. The average Bonchev–Trinajstić information content (AvgIpc) is 2.26. The SMILES string of the molecule is COc1ccc(N)c(OC)c1NCCO. The number of rotatable bonds is 5. The molecule has 0 radical (unpaired) electrons. The lowest BCUT2D eigenvalue weighted by Crippen LogP contribution is -2.09. The maximum absolute atomic E-state index is 8.75. The molecule has 0 fully saturated rings. The number of methoxy groups -OCH3 is 2. The number of hydrogen-bond donors (Lipinski definition) is 3. The van der Waals surface area contributed by atoms with Crippen molar-refractivity contribution in [2.45, 2.75) is 0 Å². The minimum absolute atomic E-state index is 0.0289. The van der Waals surface area contributed by atoms with Crippen molar-refractivity contribution in [3.63, 3.8) is 0 Å². The topological polar surface area (TPSA) is 76.7 Å². The molecule has 5 nitrogen and oxygen atoms in total. The Bertz CT molecular complexity index is 329. The van der Waals surface area contributed by atoms with Crippen molar-refractivity contribution in [3.8, 4) is 11.5 Å². The standard InChI is InChI=1S/C10H16N2O3/c1-14-8-4-3-7(11)10(15-2)9(8)12-5-6-13/h3-4,12-13H,5-6,11H2,1-2H3. The van der Waals surface area contributed by atoms with E-state index in [0.717, 1.165) is 0 Å². The van der Waals surface area contributed by atoms with E-state index >= 15 is 0 Å². The smallest absolute Gasteiger partial charge is 0.168 e. The van der Waals surface area contributed by atoms with Gasteiger partial charge >= 0.3 is 0 Å². The number of anilines is 2. The van der Waals surface area contributed by atoms with Crippen LogP contribution in [0.2, 0.25) is 0 Å². The van der Waals surface area contributed by atoms with Gasteiger partial charge in [0.2, 0.25) is 0 Å². The quantitative estimate of drug-likeness (QED) is 0.626. The van der Waals surface area contributed by atoms with Gasteiger partial charge in [0.15, 0.2) is 5.75 Å². The molecule has 0 aliphatic heterocycles. The monoisotopic (exact) mass is 212 g/mol. The second-order valence-corrected chi connectivity index (χ2v) is 2.92. The molecule has 0 amide bonds. The summed E-state index contributed by atoms with van der Waals surface area (Å²) < 4.78 is 10.3. The van der Waals surface area contributed by atoms with Crippen LogP contribution in [0.15, 0.2) is 12.1 Å². The van der Waals surface area contributed by atoms with Gasteiger partial charge in [-0.2, -0.15) is 0 Å². The van der Waals surface area contributed by atoms with Crippen molar-refractivity contribution >= 4 is 11.4 Å². The number of hydrogen-bond acceptors (Lipinski definition) is 5. The Morgan fingerprint density at radius 3 is 2.60 bits per heavy atom. The summed E-state index contributed by atoms with van der Waals surface area (Å²) in [5, 5.41) is 11.7. The Hall–Kier alpha value is -1.62. The van der Waals surface area contributed by atoms with E-state index in [2.05, 4.69) is 5.32 Å². The summed E-state index contributed by atoms with van der Waals surface area (Å²) in [6, 6.07) is 3.46. The second-order valence-electron chi connectivity index (χ2n) is 2.92. The summed E-state index contributed by atoms with van der Waals surface area (Å²) >= 11 is 0. The Kier molecular flexibility index (Phi) is 4.05. The van der Waals surface area contributed by atoms with E-state index in [1.165, 1.54) is 7.11 Å². The molecule has 0 aliphatic carbocycles. The number of aliphatic hydroxyl groups excluding tert-OH is 1. The van der Waals surface area contributed by atoms with Crippen LogP contribution in [0.25, 0.3) is 0 Å². The van der Waals surface area contributed by atoms with Crippen molar-refractivity contribution in [2.24, 2.45) is 0 Å². The van der Waals surface area contributed by atoms with Gasteiger partial charge in [-0.3, -0.25) is 0 Å². The fourth-order valence-electron chi connectivity index (χ4n) is 1.32. The minimum Gasteiger partial charge on any atom is -0.494 e. The van der Waals surface area contributed by atoms with Gasteiger partial charge in [0, 0.05) is 6.54 Å². The Labute approximate surface area is 88.8 Å². The highest BCUT2D eigenvalue weighted by Gasteiger charge is 2.12. The first-order valence-corrected chi connectivity index (χ1v) is 4.59. The van der Waals surface area contributed by atoms with Crippen LogP contribution in [0.5, 0.6) is 11.5 Å². The molecule has 0 saturated heterocycles. The third-order valence-electron chi connectivity index (χ3n) is 1.99. The number of nitrogen functional groups attached to an aromatic ring is 1. The highest BCUT2D eigenvalue weighted by atomic mass is 16.5. The van der Waals surface area contributed by atoms with E-state index in [4.69, 9.17) is 20.3 Å². The van der Waals surface area contributed by atoms with Crippen molar-refractivity contribution in [1.29, 1.82) is 0 Å². The largest absolute Gasteiger partial charge is 0.494 e.